The maximum atomic E-state index is 10.7. The largest absolute Gasteiger partial charge is 0.508 e. The molecular formula is C11H17NO3. The van der Waals surface area contributed by atoms with E-state index in [0.29, 0.717) is 5.56 Å². The molecular weight excluding hydrogens is 194 g/mol. The Morgan fingerprint density at radius 1 is 1.27 bits per heavy atom. The van der Waals surface area contributed by atoms with E-state index in [1.165, 1.54) is 12.1 Å². The molecule has 1 atom stereocenters. The SMILES string of the molecule is CC.CNC(C(=O)O)c1ccc(O)cc1. The number of hydrogen-bond acceptors (Lipinski definition) is 3. The van der Waals surface area contributed by atoms with E-state index in [9.17, 15) is 4.79 Å². The predicted octanol–water partition coefficient (Wildman–Crippen LogP) is 1.76. The van der Waals surface area contributed by atoms with Gasteiger partial charge in [0, 0.05) is 0 Å². The zero-order valence-electron chi connectivity index (χ0n) is 9.19. The lowest BCUT2D eigenvalue weighted by atomic mass is 10.1. The summed E-state index contributed by atoms with van der Waals surface area (Å²) in [5, 5.41) is 20.4. The number of aliphatic carboxylic acids is 1. The van der Waals surface area contributed by atoms with Crippen LogP contribution in [0, 0.1) is 0 Å². The zero-order chi connectivity index (χ0) is 11.8. The summed E-state index contributed by atoms with van der Waals surface area (Å²) in [4.78, 5) is 10.7. The van der Waals surface area contributed by atoms with Crippen molar-refractivity contribution in [1.29, 1.82) is 0 Å². The summed E-state index contributed by atoms with van der Waals surface area (Å²) in [5.41, 5.74) is 0.618. The number of likely N-dealkylation sites (N-methyl/N-ethyl adjacent to an activating group) is 1. The van der Waals surface area contributed by atoms with Gasteiger partial charge in [-0.25, -0.2) is 0 Å². The van der Waals surface area contributed by atoms with Gasteiger partial charge in [0.15, 0.2) is 0 Å². The fourth-order valence-corrected chi connectivity index (χ4v) is 1.10. The minimum atomic E-state index is -0.937. The molecule has 0 saturated heterocycles. The summed E-state index contributed by atoms with van der Waals surface area (Å²) in [7, 11) is 1.58. The van der Waals surface area contributed by atoms with Crippen LogP contribution in [-0.2, 0) is 4.79 Å². The second-order valence-corrected chi connectivity index (χ2v) is 2.65. The first-order valence-electron chi connectivity index (χ1n) is 4.84. The monoisotopic (exact) mass is 211 g/mol. The highest BCUT2D eigenvalue weighted by Gasteiger charge is 2.16. The predicted molar refractivity (Wildman–Crippen MR) is 58.9 cm³/mol. The van der Waals surface area contributed by atoms with Gasteiger partial charge < -0.3 is 15.5 Å². The number of carbonyl (C=O) groups is 1. The van der Waals surface area contributed by atoms with E-state index in [4.69, 9.17) is 10.2 Å². The molecule has 0 amide bonds. The summed E-state index contributed by atoms with van der Waals surface area (Å²) in [6.45, 7) is 4.00. The highest BCUT2D eigenvalue weighted by Crippen LogP contribution is 2.16. The van der Waals surface area contributed by atoms with Crippen LogP contribution in [0.4, 0.5) is 0 Å². The fraction of sp³-hybridized carbons (Fsp3) is 0.364. The third-order valence-corrected chi connectivity index (χ3v) is 1.76. The van der Waals surface area contributed by atoms with Gasteiger partial charge in [-0.3, -0.25) is 4.79 Å². The van der Waals surface area contributed by atoms with Crippen LogP contribution in [0.5, 0.6) is 5.75 Å². The Balaban J connectivity index is 0.000000921. The van der Waals surface area contributed by atoms with Crippen molar-refractivity contribution in [1.82, 2.24) is 5.32 Å². The molecule has 0 spiro atoms. The van der Waals surface area contributed by atoms with Gasteiger partial charge in [-0.05, 0) is 24.7 Å². The van der Waals surface area contributed by atoms with Crippen molar-refractivity contribution in [3.8, 4) is 5.75 Å². The molecule has 1 rings (SSSR count). The number of nitrogens with one attached hydrogen (secondary N) is 1. The molecule has 0 aliphatic heterocycles. The first-order chi connectivity index (χ1) is 7.15. The summed E-state index contributed by atoms with van der Waals surface area (Å²) >= 11 is 0. The van der Waals surface area contributed by atoms with E-state index in [1.807, 2.05) is 13.8 Å². The van der Waals surface area contributed by atoms with Crippen molar-refractivity contribution in [2.75, 3.05) is 7.05 Å². The molecule has 4 nitrogen and oxygen atoms in total. The number of benzene rings is 1. The van der Waals surface area contributed by atoms with Crippen molar-refractivity contribution in [2.24, 2.45) is 0 Å². The summed E-state index contributed by atoms with van der Waals surface area (Å²) in [5.74, 6) is -0.808. The molecule has 0 aromatic heterocycles. The quantitative estimate of drug-likeness (QED) is 0.712. The van der Waals surface area contributed by atoms with Gasteiger partial charge in [0.2, 0.25) is 0 Å². The molecule has 0 radical (unpaired) electrons. The first-order valence-corrected chi connectivity index (χ1v) is 4.84. The number of aromatic hydroxyl groups is 1. The van der Waals surface area contributed by atoms with Crippen molar-refractivity contribution in [3.63, 3.8) is 0 Å². The van der Waals surface area contributed by atoms with Crippen LogP contribution in [0.25, 0.3) is 0 Å². The van der Waals surface area contributed by atoms with Gasteiger partial charge in [-0.2, -0.15) is 0 Å². The number of phenolic OH excluding ortho intramolecular Hbond substituents is 1. The standard InChI is InChI=1S/C9H11NO3.C2H6/c1-10-8(9(12)13)6-2-4-7(11)5-3-6;1-2/h2-5,8,10-11H,1H3,(H,12,13);1-2H3. The Hall–Kier alpha value is -1.55. The van der Waals surface area contributed by atoms with Crippen LogP contribution in [0.15, 0.2) is 24.3 Å². The van der Waals surface area contributed by atoms with Gasteiger partial charge >= 0.3 is 5.97 Å². The molecule has 3 N–H and O–H groups in total. The number of carboxylic acids is 1. The maximum absolute atomic E-state index is 10.7. The van der Waals surface area contributed by atoms with E-state index in [1.54, 1.807) is 19.2 Å². The van der Waals surface area contributed by atoms with Crippen LogP contribution in [-0.4, -0.2) is 23.2 Å². The van der Waals surface area contributed by atoms with Crippen LogP contribution in [0.1, 0.15) is 25.5 Å². The minimum absolute atomic E-state index is 0.129. The number of phenols is 1. The van der Waals surface area contributed by atoms with Crippen LogP contribution >= 0.6 is 0 Å². The van der Waals surface area contributed by atoms with Gasteiger partial charge in [0.1, 0.15) is 11.8 Å². The van der Waals surface area contributed by atoms with Gasteiger partial charge in [-0.15, -0.1) is 0 Å². The Labute approximate surface area is 89.6 Å². The Morgan fingerprint density at radius 2 is 1.73 bits per heavy atom. The molecule has 15 heavy (non-hydrogen) atoms. The topological polar surface area (TPSA) is 69.6 Å². The number of carboxylic acid groups (broad SMARTS) is 1. The highest BCUT2D eigenvalue weighted by atomic mass is 16.4. The van der Waals surface area contributed by atoms with E-state index in [-0.39, 0.29) is 5.75 Å². The molecule has 1 aromatic carbocycles. The molecule has 84 valence electrons. The average Bonchev–Trinajstić information content (AvgIpc) is 2.24. The summed E-state index contributed by atoms with van der Waals surface area (Å²) in [6.07, 6.45) is 0. The zero-order valence-corrected chi connectivity index (χ0v) is 9.19. The van der Waals surface area contributed by atoms with Crippen molar-refractivity contribution in [2.45, 2.75) is 19.9 Å². The van der Waals surface area contributed by atoms with Crippen LogP contribution < -0.4 is 5.32 Å². The third kappa shape index (κ3) is 3.99. The second kappa shape index (κ2) is 6.84. The van der Waals surface area contributed by atoms with Crippen molar-refractivity contribution < 1.29 is 15.0 Å². The molecule has 1 aromatic rings. The maximum Gasteiger partial charge on any atom is 0.325 e. The summed E-state index contributed by atoms with van der Waals surface area (Å²) < 4.78 is 0. The lowest BCUT2D eigenvalue weighted by Crippen LogP contribution is -2.24. The van der Waals surface area contributed by atoms with Gasteiger partial charge in [0.25, 0.3) is 0 Å². The number of rotatable bonds is 3. The fourth-order valence-electron chi connectivity index (χ4n) is 1.10. The Kier molecular flexibility index (Phi) is 6.13. The normalized spacial score (nSPS) is 11.1. The van der Waals surface area contributed by atoms with E-state index >= 15 is 0 Å². The highest BCUT2D eigenvalue weighted by molar-refractivity contribution is 5.75. The lowest BCUT2D eigenvalue weighted by Gasteiger charge is -2.10. The van der Waals surface area contributed by atoms with E-state index in [2.05, 4.69) is 5.32 Å². The van der Waals surface area contributed by atoms with Crippen LogP contribution in [0.2, 0.25) is 0 Å². The number of hydrogen-bond donors (Lipinski definition) is 3. The summed E-state index contributed by atoms with van der Waals surface area (Å²) in [6, 6.07) is 5.35. The molecule has 1 unspecified atom stereocenters. The van der Waals surface area contributed by atoms with E-state index < -0.39 is 12.0 Å². The molecule has 0 aliphatic rings. The average molecular weight is 211 g/mol. The molecule has 0 aliphatic carbocycles. The third-order valence-electron chi connectivity index (χ3n) is 1.76. The second-order valence-electron chi connectivity index (χ2n) is 2.65. The Bertz CT molecular complexity index is 295. The lowest BCUT2D eigenvalue weighted by molar-refractivity contribution is -0.139. The van der Waals surface area contributed by atoms with Crippen molar-refractivity contribution >= 4 is 5.97 Å². The first kappa shape index (κ1) is 13.4. The van der Waals surface area contributed by atoms with E-state index in [0.717, 1.165) is 0 Å². The van der Waals surface area contributed by atoms with Gasteiger partial charge in [-0.1, -0.05) is 26.0 Å². The molecule has 4 heteroatoms. The van der Waals surface area contributed by atoms with Gasteiger partial charge in [0.05, 0.1) is 0 Å². The van der Waals surface area contributed by atoms with Crippen molar-refractivity contribution in [3.05, 3.63) is 29.8 Å². The molecule has 0 heterocycles. The molecule has 0 saturated carbocycles. The Morgan fingerprint density at radius 3 is 2.07 bits per heavy atom. The molecule has 0 fully saturated rings. The van der Waals surface area contributed by atoms with Crippen LogP contribution in [0.3, 0.4) is 0 Å². The minimum Gasteiger partial charge on any atom is -0.508 e. The smallest absolute Gasteiger partial charge is 0.325 e. The molecule has 0 bridgehead atoms.